The molecule has 0 spiro atoms. The third-order valence-corrected chi connectivity index (χ3v) is 8.01. The van der Waals surface area contributed by atoms with Gasteiger partial charge in [-0.05, 0) is 70.9 Å². The van der Waals surface area contributed by atoms with Crippen molar-refractivity contribution in [3.05, 3.63) is 125 Å². The molecule has 0 heterocycles. The van der Waals surface area contributed by atoms with E-state index >= 15 is 0 Å². The Bertz CT molecular complexity index is 1460. The van der Waals surface area contributed by atoms with Crippen LogP contribution in [0.4, 0.5) is 4.79 Å². The standard InChI is InChI=1S/C35H35NO5S/c1-24-11-13-25(14-12-24)21-39-27-17-15-26(16-18-27)22-40-34(37)33(19-20-42-2)36-35(38)41-23-32-30-9-5-3-7-28(30)29-8-4-6-10-31(29)32/h3-18,32-33H,19-23H2,1-2H3,(H,36,38)/t33-/m1/s1. The second kappa shape index (κ2) is 14.1. The summed E-state index contributed by atoms with van der Waals surface area (Å²) in [7, 11) is 0. The summed E-state index contributed by atoms with van der Waals surface area (Å²) in [5, 5.41) is 2.74. The molecule has 1 amide bonds. The van der Waals surface area contributed by atoms with Gasteiger partial charge in [0.15, 0.2) is 0 Å². The highest BCUT2D eigenvalue weighted by molar-refractivity contribution is 7.98. The van der Waals surface area contributed by atoms with Crippen molar-refractivity contribution in [2.45, 2.75) is 38.5 Å². The number of amides is 1. The van der Waals surface area contributed by atoms with Crippen LogP contribution in [0.25, 0.3) is 11.1 Å². The van der Waals surface area contributed by atoms with Crippen LogP contribution in [-0.4, -0.2) is 36.7 Å². The molecule has 0 aromatic heterocycles. The van der Waals surface area contributed by atoms with E-state index in [2.05, 4.69) is 48.6 Å². The highest BCUT2D eigenvalue weighted by Crippen LogP contribution is 2.44. The van der Waals surface area contributed by atoms with Crippen LogP contribution in [0.3, 0.4) is 0 Å². The van der Waals surface area contributed by atoms with Gasteiger partial charge in [0.1, 0.15) is 31.6 Å². The normalized spacial score (nSPS) is 12.6. The predicted octanol–water partition coefficient (Wildman–Crippen LogP) is 7.28. The third-order valence-electron chi connectivity index (χ3n) is 7.36. The summed E-state index contributed by atoms with van der Waals surface area (Å²) < 4.78 is 17.1. The van der Waals surface area contributed by atoms with Crippen LogP contribution >= 0.6 is 11.8 Å². The Balaban J connectivity index is 1.12. The number of carbonyl (C=O) groups is 2. The number of rotatable bonds is 12. The van der Waals surface area contributed by atoms with Gasteiger partial charge in [-0.1, -0.05) is 90.5 Å². The van der Waals surface area contributed by atoms with Crippen molar-refractivity contribution in [3.8, 4) is 16.9 Å². The molecule has 1 N–H and O–H groups in total. The number of fused-ring (bicyclic) bond motifs is 3. The van der Waals surface area contributed by atoms with Gasteiger partial charge in [0.25, 0.3) is 0 Å². The number of hydrogen-bond acceptors (Lipinski definition) is 6. The molecule has 1 atom stereocenters. The number of esters is 1. The smallest absolute Gasteiger partial charge is 0.407 e. The van der Waals surface area contributed by atoms with E-state index in [-0.39, 0.29) is 19.1 Å². The van der Waals surface area contributed by atoms with Crippen molar-refractivity contribution in [2.24, 2.45) is 0 Å². The van der Waals surface area contributed by atoms with E-state index in [4.69, 9.17) is 14.2 Å². The van der Waals surface area contributed by atoms with Gasteiger partial charge in [-0.3, -0.25) is 0 Å². The van der Waals surface area contributed by atoms with Gasteiger partial charge in [0.2, 0.25) is 0 Å². The summed E-state index contributed by atoms with van der Waals surface area (Å²) in [5.74, 6) is 0.887. The molecule has 0 saturated carbocycles. The fraction of sp³-hybridized carbons (Fsp3) is 0.257. The van der Waals surface area contributed by atoms with Crippen LogP contribution in [-0.2, 0) is 27.5 Å². The SMILES string of the molecule is CSCC[C@@H](NC(=O)OCC1c2ccccc2-c2ccccc21)C(=O)OCc1ccc(OCc2ccc(C)cc2)cc1. The Hall–Kier alpha value is -4.23. The zero-order chi connectivity index (χ0) is 29.3. The number of carbonyl (C=O) groups excluding carboxylic acids is 2. The average molecular weight is 582 g/mol. The number of thioether (sulfide) groups is 1. The first kappa shape index (κ1) is 29.3. The summed E-state index contributed by atoms with van der Waals surface area (Å²) in [6.07, 6.45) is 1.77. The van der Waals surface area contributed by atoms with Gasteiger partial charge < -0.3 is 19.5 Å². The molecule has 0 unspecified atom stereocenters. The third kappa shape index (κ3) is 7.34. The van der Waals surface area contributed by atoms with Gasteiger partial charge >= 0.3 is 12.1 Å². The van der Waals surface area contributed by atoms with Crippen molar-refractivity contribution in [2.75, 3.05) is 18.6 Å². The van der Waals surface area contributed by atoms with Gasteiger partial charge in [-0.2, -0.15) is 11.8 Å². The number of ether oxygens (including phenoxy) is 3. The second-order valence-corrected chi connectivity index (χ2v) is 11.3. The van der Waals surface area contributed by atoms with Gasteiger partial charge in [0, 0.05) is 5.92 Å². The van der Waals surface area contributed by atoms with Crippen molar-refractivity contribution < 1.29 is 23.8 Å². The fourth-order valence-electron chi connectivity index (χ4n) is 5.05. The van der Waals surface area contributed by atoms with Crippen molar-refractivity contribution in [3.63, 3.8) is 0 Å². The summed E-state index contributed by atoms with van der Waals surface area (Å²) in [4.78, 5) is 25.8. The first-order valence-electron chi connectivity index (χ1n) is 14.1. The van der Waals surface area contributed by atoms with E-state index in [1.54, 1.807) is 11.8 Å². The number of alkyl carbamates (subject to hydrolysis) is 1. The lowest BCUT2D eigenvalue weighted by Crippen LogP contribution is -2.42. The minimum atomic E-state index is -0.801. The average Bonchev–Trinajstić information content (AvgIpc) is 3.34. The highest BCUT2D eigenvalue weighted by Gasteiger charge is 2.30. The zero-order valence-electron chi connectivity index (χ0n) is 23.9. The Morgan fingerprint density at radius 1 is 0.786 bits per heavy atom. The van der Waals surface area contributed by atoms with Crippen LogP contribution in [0.2, 0.25) is 0 Å². The maximum Gasteiger partial charge on any atom is 0.407 e. The lowest BCUT2D eigenvalue weighted by atomic mass is 9.98. The molecular formula is C35H35NO5S. The van der Waals surface area contributed by atoms with E-state index in [0.29, 0.717) is 18.8 Å². The number of aryl methyl sites for hydroxylation is 1. The summed E-state index contributed by atoms with van der Waals surface area (Å²) >= 11 is 1.60. The predicted molar refractivity (Wildman–Crippen MR) is 167 cm³/mol. The Kier molecular flexibility index (Phi) is 9.82. The molecule has 4 aromatic carbocycles. The van der Waals surface area contributed by atoms with Crippen LogP contribution in [0.15, 0.2) is 97.1 Å². The highest BCUT2D eigenvalue weighted by atomic mass is 32.2. The lowest BCUT2D eigenvalue weighted by Gasteiger charge is -2.19. The zero-order valence-corrected chi connectivity index (χ0v) is 24.7. The molecule has 6 nitrogen and oxygen atoms in total. The topological polar surface area (TPSA) is 73.9 Å². The molecule has 0 fully saturated rings. The molecule has 7 heteroatoms. The van der Waals surface area contributed by atoms with Crippen molar-refractivity contribution in [1.82, 2.24) is 5.32 Å². The van der Waals surface area contributed by atoms with E-state index in [1.165, 1.54) is 5.56 Å². The van der Waals surface area contributed by atoms with Gasteiger partial charge in [0.05, 0.1) is 0 Å². The molecule has 1 aliphatic carbocycles. The fourth-order valence-corrected chi connectivity index (χ4v) is 5.53. The first-order valence-corrected chi connectivity index (χ1v) is 15.5. The van der Waals surface area contributed by atoms with Crippen molar-refractivity contribution in [1.29, 1.82) is 0 Å². The quantitative estimate of drug-likeness (QED) is 0.177. The molecule has 0 saturated heterocycles. The van der Waals surface area contributed by atoms with E-state index in [0.717, 1.165) is 39.1 Å². The number of nitrogens with one attached hydrogen (secondary N) is 1. The molecule has 0 radical (unpaired) electrons. The Labute approximate surface area is 251 Å². The van der Waals surface area contributed by atoms with E-state index in [1.807, 2.05) is 66.9 Å². The van der Waals surface area contributed by atoms with Crippen LogP contribution in [0, 0.1) is 6.92 Å². The molecule has 5 rings (SSSR count). The summed E-state index contributed by atoms with van der Waals surface area (Å²) in [6, 6.07) is 31.2. The molecule has 216 valence electrons. The van der Waals surface area contributed by atoms with E-state index < -0.39 is 18.1 Å². The molecule has 0 aliphatic heterocycles. The van der Waals surface area contributed by atoms with Gasteiger partial charge in [-0.15, -0.1) is 0 Å². The van der Waals surface area contributed by atoms with Crippen molar-refractivity contribution >= 4 is 23.8 Å². The molecule has 0 bridgehead atoms. The maximum absolute atomic E-state index is 13.0. The summed E-state index contributed by atoms with van der Waals surface area (Å²) in [5.41, 5.74) is 7.73. The van der Waals surface area contributed by atoms with Crippen LogP contribution < -0.4 is 10.1 Å². The van der Waals surface area contributed by atoms with E-state index in [9.17, 15) is 9.59 Å². The monoisotopic (exact) mass is 581 g/mol. The van der Waals surface area contributed by atoms with Gasteiger partial charge in [-0.25, -0.2) is 9.59 Å². The maximum atomic E-state index is 13.0. The molecular weight excluding hydrogens is 546 g/mol. The Morgan fingerprint density at radius 2 is 1.38 bits per heavy atom. The molecule has 1 aliphatic rings. The minimum Gasteiger partial charge on any atom is -0.489 e. The molecule has 4 aromatic rings. The lowest BCUT2D eigenvalue weighted by molar-refractivity contribution is -0.147. The minimum absolute atomic E-state index is 0.0522. The van der Waals surface area contributed by atoms with Crippen LogP contribution in [0.5, 0.6) is 5.75 Å². The number of hydrogen-bond donors (Lipinski definition) is 1. The second-order valence-electron chi connectivity index (χ2n) is 10.3. The van der Waals surface area contributed by atoms with Crippen LogP contribution in [0.1, 0.15) is 40.2 Å². The largest absolute Gasteiger partial charge is 0.489 e. The first-order chi connectivity index (χ1) is 20.5. The number of benzene rings is 4. The Morgan fingerprint density at radius 3 is 2.02 bits per heavy atom. The summed E-state index contributed by atoms with van der Waals surface area (Å²) in [6.45, 7) is 2.81. The molecule has 42 heavy (non-hydrogen) atoms.